The topological polar surface area (TPSA) is 26.6 Å². The SMILES string of the molecule is CCCCn1ccnc1-c1n(CCCC)cc[n+]1CCCC(F)(F)F. The van der Waals surface area contributed by atoms with Crippen LogP contribution in [-0.4, -0.2) is 20.3 Å². The zero-order chi connectivity index (χ0) is 18.3. The lowest BCUT2D eigenvalue weighted by molar-refractivity contribution is -0.686. The van der Waals surface area contributed by atoms with Crippen LogP contribution in [0.5, 0.6) is 0 Å². The first-order valence-corrected chi connectivity index (χ1v) is 9.13. The van der Waals surface area contributed by atoms with Crippen LogP contribution in [0.15, 0.2) is 24.8 Å². The van der Waals surface area contributed by atoms with Crippen molar-refractivity contribution in [1.29, 1.82) is 0 Å². The van der Waals surface area contributed by atoms with Crippen LogP contribution in [-0.2, 0) is 19.6 Å². The quantitative estimate of drug-likeness (QED) is 0.572. The van der Waals surface area contributed by atoms with E-state index in [4.69, 9.17) is 0 Å². The molecule has 2 rings (SSSR count). The fraction of sp³-hybridized carbons (Fsp3) is 0.667. The molecule has 0 aliphatic heterocycles. The van der Waals surface area contributed by atoms with Crippen molar-refractivity contribution in [3.63, 3.8) is 0 Å². The average Bonchev–Trinajstić information content (AvgIpc) is 3.15. The van der Waals surface area contributed by atoms with Gasteiger partial charge in [0, 0.05) is 25.4 Å². The second-order valence-corrected chi connectivity index (χ2v) is 6.38. The van der Waals surface area contributed by atoms with E-state index in [1.54, 1.807) is 6.20 Å². The molecule has 7 heteroatoms. The number of imidazole rings is 2. The van der Waals surface area contributed by atoms with Gasteiger partial charge in [-0.3, -0.25) is 0 Å². The van der Waals surface area contributed by atoms with E-state index in [2.05, 4.69) is 28.0 Å². The van der Waals surface area contributed by atoms with Gasteiger partial charge in [0.05, 0.1) is 13.1 Å². The van der Waals surface area contributed by atoms with Crippen LogP contribution < -0.4 is 4.57 Å². The molecule has 0 bridgehead atoms. The molecule has 0 aliphatic rings. The molecule has 2 aromatic heterocycles. The summed E-state index contributed by atoms with van der Waals surface area (Å²) >= 11 is 0. The molecule has 0 fully saturated rings. The molecule has 2 aromatic rings. The Morgan fingerprint density at radius 1 is 1.00 bits per heavy atom. The number of aryl methyl sites for hydroxylation is 3. The molecule has 2 heterocycles. The highest BCUT2D eigenvalue weighted by atomic mass is 19.4. The number of unbranched alkanes of at least 4 members (excludes halogenated alkanes) is 2. The number of alkyl halides is 3. The lowest BCUT2D eigenvalue weighted by atomic mass is 10.3. The third-order valence-corrected chi connectivity index (χ3v) is 4.25. The first kappa shape index (κ1) is 19.5. The van der Waals surface area contributed by atoms with Crippen molar-refractivity contribution in [3.05, 3.63) is 24.8 Å². The fourth-order valence-corrected chi connectivity index (χ4v) is 2.89. The minimum absolute atomic E-state index is 0.0780. The van der Waals surface area contributed by atoms with E-state index in [-0.39, 0.29) is 6.42 Å². The maximum absolute atomic E-state index is 12.5. The summed E-state index contributed by atoms with van der Waals surface area (Å²) in [7, 11) is 0. The Morgan fingerprint density at radius 3 is 2.32 bits per heavy atom. The van der Waals surface area contributed by atoms with Gasteiger partial charge in [-0.05, 0) is 19.3 Å². The first-order valence-electron chi connectivity index (χ1n) is 9.13. The summed E-state index contributed by atoms with van der Waals surface area (Å²) in [6.07, 6.45) is 6.98. The van der Waals surface area contributed by atoms with Crippen LogP contribution in [0.4, 0.5) is 13.2 Å². The molecule has 0 radical (unpaired) electrons. The van der Waals surface area contributed by atoms with E-state index in [9.17, 15) is 13.2 Å². The van der Waals surface area contributed by atoms with Gasteiger partial charge < -0.3 is 4.57 Å². The predicted octanol–water partition coefficient (Wildman–Crippen LogP) is 4.58. The summed E-state index contributed by atoms with van der Waals surface area (Å²) in [5.41, 5.74) is 0. The first-order chi connectivity index (χ1) is 12.0. The van der Waals surface area contributed by atoms with Crippen molar-refractivity contribution in [2.75, 3.05) is 0 Å². The second kappa shape index (κ2) is 9.06. The summed E-state index contributed by atoms with van der Waals surface area (Å²) in [6.45, 7) is 6.32. The fourth-order valence-electron chi connectivity index (χ4n) is 2.89. The zero-order valence-corrected chi connectivity index (χ0v) is 15.1. The van der Waals surface area contributed by atoms with E-state index in [1.807, 2.05) is 23.2 Å². The van der Waals surface area contributed by atoms with E-state index in [0.717, 1.165) is 50.4 Å². The highest BCUT2D eigenvalue weighted by Crippen LogP contribution is 2.22. The van der Waals surface area contributed by atoms with Crippen LogP contribution in [0.1, 0.15) is 52.4 Å². The van der Waals surface area contributed by atoms with Crippen molar-refractivity contribution in [1.82, 2.24) is 14.1 Å². The molecule has 4 nitrogen and oxygen atoms in total. The summed E-state index contributed by atoms with van der Waals surface area (Å²) in [5.74, 6) is 1.73. The molecule has 0 saturated heterocycles. The number of hydrogen-bond acceptors (Lipinski definition) is 1. The van der Waals surface area contributed by atoms with Crippen LogP contribution in [0.25, 0.3) is 11.6 Å². The van der Waals surface area contributed by atoms with Gasteiger partial charge in [-0.15, -0.1) is 0 Å². The Kier molecular flexibility index (Phi) is 7.08. The minimum atomic E-state index is -4.11. The number of rotatable bonds is 10. The number of nitrogens with zero attached hydrogens (tertiary/aromatic N) is 4. The molecule has 25 heavy (non-hydrogen) atoms. The molecule has 0 amide bonds. The molecule has 0 spiro atoms. The highest BCUT2D eigenvalue weighted by Gasteiger charge is 2.28. The number of halogens is 3. The molecule has 0 aliphatic carbocycles. The minimum Gasteiger partial charge on any atom is -0.325 e. The molecule has 140 valence electrons. The van der Waals surface area contributed by atoms with Gasteiger partial charge in [-0.1, -0.05) is 26.7 Å². The van der Waals surface area contributed by atoms with Crippen molar-refractivity contribution in [3.8, 4) is 11.6 Å². The molecular formula is C18H28F3N4+. The van der Waals surface area contributed by atoms with Gasteiger partial charge in [0.15, 0.2) is 0 Å². The summed E-state index contributed by atoms with van der Waals surface area (Å²) in [5, 5.41) is 0. The van der Waals surface area contributed by atoms with Gasteiger partial charge in [-0.25, -0.2) is 14.1 Å². The molecule has 0 atom stereocenters. The summed E-state index contributed by atoms with van der Waals surface area (Å²) < 4.78 is 43.6. The zero-order valence-electron chi connectivity index (χ0n) is 15.1. The van der Waals surface area contributed by atoms with E-state index < -0.39 is 12.6 Å². The lowest BCUT2D eigenvalue weighted by Crippen LogP contribution is -2.36. The Balaban J connectivity index is 2.26. The Morgan fingerprint density at radius 2 is 1.68 bits per heavy atom. The third kappa shape index (κ3) is 5.61. The van der Waals surface area contributed by atoms with Gasteiger partial charge in [0.1, 0.15) is 12.4 Å². The maximum atomic E-state index is 12.5. The molecule has 0 unspecified atom stereocenters. The van der Waals surface area contributed by atoms with Crippen LogP contribution in [0, 0.1) is 0 Å². The van der Waals surface area contributed by atoms with E-state index >= 15 is 0 Å². The maximum Gasteiger partial charge on any atom is 0.389 e. The van der Waals surface area contributed by atoms with Gasteiger partial charge in [-0.2, -0.15) is 13.2 Å². The van der Waals surface area contributed by atoms with Crippen molar-refractivity contribution in [2.45, 2.75) is 78.2 Å². The summed E-state index contributed by atoms with van der Waals surface area (Å²) in [6, 6.07) is 0. The van der Waals surface area contributed by atoms with Crippen LogP contribution >= 0.6 is 0 Å². The van der Waals surface area contributed by atoms with Crippen LogP contribution in [0.2, 0.25) is 0 Å². The molecule has 0 saturated carbocycles. The smallest absolute Gasteiger partial charge is 0.325 e. The van der Waals surface area contributed by atoms with Crippen molar-refractivity contribution >= 4 is 0 Å². The molecular weight excluding hydrogens is 329 g/mol. The van der Waals surface area contributed by atoms with Gasteiger partial charge in [0.2, 0.25) is 5.82 Å². The predicted molar refractivity (Wildman–Crippen MR) is 91.0 cm³/mol. The number of aromatic nitrogens is 4. The lowest BCUT2D eigenvalue weighted by Gasteiger charge is -2.09. The monoisotopic (exact) mass is 357 g/mol. The highest BCUT2D eigenvalue weighted by molar-refractivity contribution is 5.40. The number of hydrogen-bond donors (Lipinski definition) is 0. The normalized spacial score (nSPS) is 12.0. The van der Waals surface area contributed by atoms with E-state index in [0.29, 0.717) is 6.54 Å². The molecule has 0 aromatic carbocycles. The van der Waals surface area contributed by atoms with E-state index in [1.165, 1.54) is 0 Å². The van der Waals surface area contributed by atoms with Crippen LogP contribution in [0.3, 0.4) is 0 Å². The Bertz CT molecular complexity index is 643. The summed E-state index contributed by atoms with van der Waals surface area (Å²) in [4.78, 5) is 4.50. The van der Waals surface area contributed by atoms with Gasteiger partial charge in [0.25, 0.3) is 0 Å². The van der Waals surface area contributed by atoms with Gasteiger partial charge >= 0.3 is 12.0 Å². The Labute approximate surface area is 147 Å². The Hall–Kier alpha value is -1.79. The average molecular weight is 357 g/mol. The standard InChI is InChI=1S/C18H28F3N4/c1-3-5-10-23-13-9-22-16(23)17-24(11-6-4-2)14-15-25(17)12-7-8-18(19,20)21/h9,13-15H,3-8,10-12H2,1-2H3/q+1. The largest absolute Gasteiger partial charge is 0.389 e. The van der Waals surface area contributed by atoms with Crippen molar-refractivity contribution in [2.24, 2.45) is 0 Å². The second-order valence-electron chi connectivity index (χ2n) is 6.38. The molecule has 0 N–H and O–H groups in total. The third-order valence-electron chi connectivity index (χ3n) is 4.25. The van der Waals surface area contributed by atoms with Crippen molar-refractivity contribution < 1.29 is 17.7 Å².